The first-order chi connectivity index (χ1) is 10.00. The molecule has 0 radical (unpaired) electrons. The van der Waals surface area contributed by atoms with Gasteiger partial charge in [0, 0.05) is 6.54 Å². The molecule has 1 N–H and O–H groups in total. The van der Waals surface area contributed by atoms with E-state index < -0.39 is 22.0 Å². The number of rotatable bonds is 3. The van der Waals surface area contributed by atoms with Crippen LogP contribution in [0.15, 0.2) is 23.1 Å². The highest BCUT2D eigenvalue weighted by atomic mass is 32.2. The fraction of sp³-hybridized carbons (Fsp3) is 0.533. The summed E-state index contributed by atoms with van der Waals surface area (Å²) in [6, 6.07) is 4.32. The summed E-state index contributed by atoms with van der Waals surface area (Å²) < 4.78 is 26.5. The maximum absolute atomic E-state index is 12.7. The van der Waals surface area contributed by atoms with Gasteiger partial charge < -0.3 is 5.11 Å². The minimum atomic E-state index is -3.71. The van der Waals surface area contributed by atoms with Crippen LogP contribution in [0.4, 0.5) is 0 Å². The van der Waals surface area contributed by atoms with Crippen molar-refractivity contribution in [2.45, 2.75) is 49.5 Å². The molecule has 3 rings (SSSR count). The predicted octanol–water partition coefficient (Wildman–Crippen LogP) is 1.80. The van der Waals surface area contributed by atoms with Crippen LogP contribution >= 0.6 is 0 Å². The average Bonchev–Trinajstić information content (AvgIpc) is 2.97. The summed E-state index contributed by atoms with van der Waals surface area (Å²) in [4.78, 5) is 11.4. The summed E-state index contributed by atoms with van der Waals surface area (Å²) in [5.74, 6) is -1.06. The summed E-state index contributed by atoms with van der Waals surface area (Å²) in [5, 5.41) is 9.18. The van der Waals surface area contributed by atoms with Gasteiger partial charge in [0.25, 0.3) is 0 Å². The van der Waals surface area contributed by atoms with Crippen LogP contribution in [-0.2, 0) is 27.7 Å². The fourth-order valence-electron chi connectivity index (χ4n) is 3.28. The van der Waals surface area contributed by atoms with E-state index in [1.165, 1.54) is 5.56 Å². The molecule has 1 heterocycles. The van der Waals surface area contributed by atoms with Gasteiger partial charge in [-0.2, -0.15) is 4.31 Å². The van der Waals surface area contributed by atoms with E-state index in [0.717, 1.165) is 35.6 Å². The number of nitrogens with zero attached hydrogens (tertiary/aromatic N) is 1. The molecule has 114 valence electrons. The molecule has 1 aromatic carbocycles. The van der Waals surface area contributed by atoms with E-state index in [9.17, 15) is 18.3 Å². The van der Waals surface area contributed by atoms with Gasteiger partial charge in [0.1, 0.15) is 6.04 Å². The van der Waals surface area contributed by atoms with Crippen LogP contribution in [0.1, 0.15) is 36.8 Å². The van der Waals surface area contributed by atoms with Crippen molar-refractivity contribution in [3.8, 4) is 0 Å². The second kappa shape index (κ2) is 5.42. The molecule has 2 aliphatic rings. The standard InChI is InChI=1S/C15H19NO4S/c17-15(18)14-6-3-9-16(14)21(19,20)13-8-7-11-4-1-2-5-12(11)10-13/h7-8,10,14H,1-6,9H2,(H,17,18). The minimum Gasteiger partial charge on any atom is -0.480 e. The second-order valence-electron chi connectivity index (χ2n) is 5.75. The lowest BCUT2D eigenvalue weighted by Crippen LogP contribution is -2.40. The van der Waals surface area contributed by atoms with Crippen molar-refractivity contribution < 1.29 is 18.3 Å². The van der Waals surface area contributed by atoms with Crippen LogP contribution < -0.4 is 0 Å². The van der Waals surface area contributed by atoms with Crippen LogP contribution in [0.2, 0.25) is 0 Å². The molecule has 1 atom stereocenters. The van der Waals surface area contributed by atoms with Crippen LogP contribution in [0.3, 0.4) is 0 Å². The lowest BCUT2D eigenvalue weighted by atomic mass is 9.92. The molecule has 0 spiro atoms. The SMILES string of the molecule is O=C(O)C1CCCN1S(=O)(=O)c1ccc2c(c1)CCCC2. The van der Waals surface area contributed by atoms with Crippen LogP contribution in [-0.4, -0.2) is 36.4 Å². The Hall–Kier alpha value is -1.40. The Morgan fingerprint density at radius 2 is 1.86 bits per heavy atom. The van der Waals surface area contributed by atoms with Crippen molar-refractivity contribution in [3.05, 3.63) is 29.3 Å². The molecule has 0 saturated carbocycles. The van der Waals surface area contributed by atoms with E-state index in [2.05, 4.69) is 0 Å². The molecule has 1 unspecified atom stereocenters. The molecule has 1 aromatic rings. The maximum Gasteiger partial charge on any atom is 0.322 e. The number of aryl methyl sites for hydroxylation is 2. The number of carboxylic acid groups (broad SMARTS) is 1. The first kappa shape index (κ1) is 14.5. The summed E-state index contributed by atoms with van der Waals surface area (Å²) in [6.07, 6.45) is 5.11. The zero-order chi connectivity index (χ0) is 15.0. The van der Waals surface area contributed by atoms with E-state index in [4.69, 9.17) is 0 Å². The van der Waals surface area contributed by atoms with E-state index in [1.54, 1.807) is 12.1 Å². The average molecular weight is 309 g/mol. The highest BCUT2D eigenvalue weighted by Gasteiger charge is 2.39. The van der Waals surface area contributed by atoms with Gasteiger partial charge in [0.15, 0.2) is 0 Å². The van der Waals surface area contributed by atoms with Crippen molar-refractivity contribution in [1.29, 1.82) is 0 Å². The molecule has 21 heavy (non-hydrogen) atoms. The second-order valence-corrected chi connectivity index (χ2v) is 7.64. The van der Waals surface area contributed by atoms with Gasteiger partial charge in [-0.15, -0.1) is 0 Å². The third-order valence-corrected chi connectivity index (χ3v) is 6.32. The lowest BCUT2D eigenvalue weighted by Gasteiger charge is -2.22. The maximum atomic E-state index is 12.7. The van der Waals surface area contributed by atoms with E-state index in [-0.39, 0.29) is 11.4 Å². The Labute approximate surface area is 124 Å². The van der Waals surface area contributed by atoms with Gasteiger partial charge in [0.2, 0.25) is 10.0 Å². The van der Waals surface area contributed by atoms with Crippen molar-refractivity contribution in [2.75, 3.05) is 6.54 Å². The molecular formula is C15H19NO4S. The number of hydrogen-bond acceptors (Lipinski definition) is 3. The zero-order valence-electron chi connectivity index (χ0n) is 11.8. The minimum absolute atomic E-state index is 0.233. The smallest absolute Gasteiger partial charge is 0.322 e. The number of carboxylic acids is 1. The summed E-state index contributed by atoms with van der Waals surface area (Å²) in [7, 11) is -3.71. The lowest BCUT2D eigenvalue weighted by molar-refractivity contribution is -0.140. The van der Waals surface area contributed by atoms with Crippen molar-refractivity contribution in [2.24, 2.45) is 0 Å². The first-order valence-electron chi connectivity index (χ1n) is 7.36. The molecule has 1 aliphatic carbocycles. The molecule has 6 heteroatoms. The van der Waals surface area contributed by atoms with Crippen LogP contribution in [0, 0.1) is 0 Å². The molecule has 0 amide bonds. The summed E-state index contributed by atoms with van der Waals surface area (Å²) in [6.45, 7) is 0.288. The normalized spacial score (nSPS) is 23.0. The van der Waals surface area contributed by atoms with Gasteiger partial charge in [-0.05, 0) is 61.8 Å². The number of carbonyl (C=O) groups is 1. The third kappa shape index (κ3) is 2.58. The third-order valence-electron chi connectivity index (χ3n) is 4.42. The van der Waals surface area contributed by atoms with E-state index in [1.807, 2.05) is 6.07 Å². The van der Waals surface area contributed by atoms with Crippen LogP contribution in [0.5, 0.6) is 0 Å². The molecule has 1 fully saturated rings. The highest BCUT2D eigenvalue weighted by molar-refractivity contribution is 7.89. The molecule has 1 aliphatic heterocycles. The molecule has 0 bridgehead atoms. The summed E-state index contributed by atoms with van der Waals surface area (Å²) >= 11 is 0. The van der Waals surface area contributed by atoms with Gasteiger partial charge in [-0.3, -0.25) is 4.79 Å². The zero-order valence-corrected chi connectivity index (χ0v) is 12.6. The van der Waals surface area contributed by atoms with Crippen LogP contribution in [0.25, 0.3) is 0 Å². The van der Waals surface area contributed by atoms with Crippen molar-refractivity contribution >= 4 is 16.0 Å². The van der Waals surface area contributed by atoms with Crippen molar-refractivity contribution in [1.82, 2.24) is 4.31 Å². The van der Waals surface area contributed by atoms with Gasteiger partial charge in [-0.1, -0.05) is 6.07 Å². The van der Waals surface area contributed by atoms with Gasteiger partial charge in [-0.25, -0.2) is 8.42 Å². The highest BCUT2D eigenvalue weighted by Crippen LogP contribution is 2.29. The first-order valence-corrected chi connectivity index (χ1v) is 8.80. The molecule has 0 aromatic heterocycles. The van der Waals surface area contributed by atoms with Crippen molar-refractivity contribution in [3.63, 3.8) is 0 Å². The van der Waals surface area contributed by atoms with E-state index in [0.29, 0.717) is 12.8 Å². The number of benzene rings is 1. The number of hydrogen-bond donors (Lipinski definition) is 1. The Bertz CT molecular complexity index is 668. The monoisotopic (exact) mass is 309 g/mol. The van der Waals surface area contributed by atoms with Gasteiger partial charge in [0.05, 0.1) is 4.90 Å². The Kier molecular flexibility index (Phi) is 3.75. The summed E-state index contributed by atoms with van der Waals surface area (Å²) in [5.41, 5.74) is 2.31. The van der Waals surface area contributed by atoms with E-state index >= 15 is 0 Å². The predicted molar refractivity (Wildman–Crippen MR) is 77.6 cm³/mol. The fourth-order valence-corrected chi connectivity index (χ4v) is 4.98. The molecule has 1 saturated heterocycles. The number of fused-ring (bicyclic) bond motifs is 1. The quantitative estimate of drug-likeness (QED) is 0.924. The Balaban J connectivity index is 1.96. The number of aliphatic carboxylic acids is 1. The molecular weight excluding hydrogens is 290 g/mol. The Morgan fingerprint density at radius 3 is 2.57 bits per heavy atom. The largest absolute Gasteiger partial charge is 0.480 e. The molecule has 5 nitrogen and oxygen atoms in total. The van der Waals surface area contributed by atoms with Gasteiger partial charge >= 0.3 is 5.97 Å². The number of sulfonamides is 1. The topological polar surface area (TPSA) is 74.7 Å². The Morgan fingerprint density at radius 1 is 1.14 bits per heavy atom.